The molecule has 5 heterocycles. The lowest BCUT2D eigenvalue weighted by molar-refractivity contribution is -0.121. The van der Waals surface area contributed by atoms with E-state index >= 15 is 0 Å². The van der Waals surface area contributed by atoms with Gasteiger partial charge in [0.15, 0.2) is 18.2 Å². The summed E-state index contributed by atoms with van der Waals surface area (Å²) in [6.07, 6.45) is 2.93. The Morgan fingerprint density at radius 2 is 1.83 bits per heavy atom. The molecule has 3 aliphatic rings. The number of hydrogen-bond acceptors (Lipinski definition) is 11. The maximum absolute atomic E-state index is 13.2. The van der Waals surface area contributed by atoms with Crippen molar-refractivity contribution in [1.29, 1.82) is 0 Å². The molecule has 14 nitrogen and oxygen atoms in total. The van der Waals surface area contributed by atoms with Gasteiger partial charge < -0.3 is 24.3 Å². The number of anilines is 2. The van der Waals surface area contributed by atoms with Crippen molar-refractivity contribution in [3.8, 4) is 17.5 Å². The third-order valence-electron chi connectivity index (χ3n) is 8.67. The van der Waals surface area contributed by atoms with E-state index < -0.39 is 6.09 Å². The number of carbonyl (C=O) groups excluding carboxylic acids is 2. The molecule has 46 heavy (non-hydrogen) atoms. The van der Waals surface area contributed by atoms with Gasteiger partial charge in [0.05, 0.1) is 26.8 Å². The monoisotopic (exact) mass is 627 g/mol. The molecule has 0 radical (unpaired) electrons. The van der Waals surface area contributed by atoms with E-state index in [0.29, 0.717) is 55.5 Å². The Morgan fingerprint density at radius 3 is 2.63 bits per heavy atom. The van der Waals surface area contributed by atoms with E-state index in [2.05, 4.69) is 15.3 Å². The molecule has 2 aliphatic heterocycles. The number of nitrogens with zero attached hydrogens (tertiary/aromatic N) is 6. The molecule has 2 fully saturated rings. The van der Waals surface area contributed by atoms with Crippen LogP contribution in [0.25, 0.3) is 11.0 Å². The minimum Gasteiger partial charge on any atom is -0.497 e. The van der Waals surface area contributed by atoms with Crippen LogP contribution in [-0.2, 0) is 22.6 Å². The van der Waals surface area contributed by atoms with Gasteiger partial charge in [0.25, 0.3) is 11.5 Å². The molecule has 1 aromatic carbocycles. The number of ether oxygens (including phenoxy) is 4. The third-order valence-corrected chi connectivity index (χ3v) is 8.67. The van der Waals surface area contributed by atoms with Gasteiger partial charge >= 0.3 is 12.1 Å². The standard InChI is InChI=1S/C32H33N7O7/c1-43-22-7-3-19(4-8-22)17-38-28(41)18-45-24-10-11-26(35-30(24)38)39-23-9-6-21(15-25(23)46-32(39)42)33-13-14-37-27(40)12-5-20-16-34-31(44-2)36-29(20)37/h3-5,7-8,10-12,16,21,23,25,33H,6,9,13-15,17-18H2,1-2H3. The lowest BCUT2D eigenvalue weighted by Gasteiger charge is -2.33. The Balaban J connectivity index is 1.03. The van der Waals surface area contributed by atoms with Crippen molar-refractivity contribution in [2.24, 2.45) is 0 Å². The molecule has 3 atom stereocenters. The molecule has 1 N–H and O–H groups in total. The van der Waals surface area contributed by atoms with Gasteiger partial charge in [0, 0.05) is 43.2 Å². The second kappa shape index (κ2) is 12.3. The zero-order valence-electron chi connectivity index (χ0n) is 25.4. The number of hydrogen-bond donors (Lipinski definition) is 1. The second-order valence-corrected chi connectivity index (χ2v) is 11.4. The molecule has 1 saturated carbocycles. The van der Waals surface area contributed by atoms with Crippen LogP contribution in [0, 0.1) is 0 Å². The number of aromatic nitrogens is 4. The number of pyridine rings is 2. The van der Waals surface area contributed by atoms with Crippen LogP contribution in [0.1, 0.15) is 24.8 Å². The van der Waals surface area contributed by atoms with Crippen LogP contribution in [0.2, 0.25) is 0 Å². The number of nitrogens with one attached hydrogen (secondary N) is 1. The molecular weight excluding hydrogens is 594 g/mol. The van der Waals surface area contributed by atoms with Gasteiger partial charge in [-0.2, -0.15) is 4.98 Å². The highest BCUT2D eigenvalue weighted by atomic mass is 16.6. The van der Waals surface area contributed by atoms with Crippen LogP contribution in [0.15, 0.2) is 59.5 Å². The number of amides is 2. The zero-order chi connectivity index (χ0) is 31.8. The van der Waals surface area contributed by atoms with Gasteiger partial charge in [-0.25, -0.2) is 14.8 Å². The summed E-state index contributed by atoms with van der Waals surface area (Å²) in [6.45, 7) is 1.13. The van der Waals surface area contributed by atoms with Crippen LogP contribution < -0.4 is 34.9 Å². The molecule has 1 aliphatic carbocycles. The number of methoxy groups -OCH3 is 2. The lowest BCUT2D eigenvalue weighted by atomic mass is 9.88. The normalized spacial score (nSPS) is 20.6. The largest absolute Gasteiger partial charge is 0.497 e. The van der Waals surface area contributed by atoms with E-state index in [1.165, 1.54) is 13.2 Å². The summed E-state index contributed by atoms with van der Waals surface area (Å²) < 4.78 is 23.5. The molecular formula is C32H33N7O7. The van der Waals surface area contributed by atoms with E-state index in [-0.39, 0.29) is 42.3 Å². The van der Waals surface area contributed by atoms with E-state index in [1.807, 2.05) is 24.3 Å². The van der Waals surface area contributed by atoms with Crippen molar-refractivity contribution in [2.75, 3.05) is 37.2 Å². The Bertz CT molecular complexity index is 1850. The van der Waals surface area contributed by atoms with Crippen LogP contribution in [-0.4, -0.2) is 77.1 Å². The van der Waals surface area contributed by atoms with Crippen molar-refractivity contribution in [1.82, 2.24) is 24.8 Å². The fourth-order valence-corrected chi connectivity index (χ4v) is 6.33. The number of benzene rings is 1. The van der Waals surface area contributed by atoms with Crippen LogP contribution in [0.5, 0.6) is 17.5 Å². The minimum atomic E-state index is -0.469. The molecule has 0 bridgehead atoms. The first-order chi connectivity index (χ1) is 22.4. The third kappa shape index (κ3) is 5.55. The van der Waals surface area contributed by atoms with Gasteiger partial charge in [-0.05, 0) is 48.7 Å². The first kappa shape index (κ1) is 29.5. The maximum atomic E-state index is 13.2. The molecule has 238 valence electrons. The van der Waals surface area contributed by atoms with Gasteiger partial charge in [0.1, 0.15) is 23.3 Å². The topological polar surface area (TPSA) is 150 Å². The molecule has 1 saturated heterocycles. The minimum absolute atomic E-state index is 0.0892. The van der Waals surface area contributed by atoms with Crippen LogP contribution in [0.3, 0.4) is 0 Å². The highest BCUT2D eigenvalue weighted by Crippen LogP contribution is 2.39. The summed E-state index contributed by atoms with van der Waals surface area (Å²) >= 11 is 0. The lowest BCUT2D eigenvalue weighted by Crippen LogP contribution is -2.47. The smallest absolute Gasteiger partial charge is 0.416 e. The number of rotatable bonds is 9. The fourth-order valence-electron chi connectivity index (χ4n) is 6.33. The molecule has 14 heteroatoms. The predicted octanol–water partition coefficient (Wildman–Crippen LogP) is 2.67. The molecule has 4 aromatic rings. The van der Waals surface area contributed by atoms with Crippen molar-refractivity contribution in [3.05, 3.63) is 70.6 Å². The first-order valence-electron chi connectivity index (χ1n) is 15.1. The zero-order valence-corrected chi connectivity index (χ0v) is 25.4. The van der Waals surface area contributed by atoms with E-state index in [0.717, 1.165) is 23.1 Å². The summed E-state index contributed by atoms with van der Waals surface area (Å²) in [7, 11) is 3.08. The number of fused-ring (bicyclic) bond motifs is 3. The van der Waals surface area contributed by atoms with Gasteiger partial charge in [0.2, 0.25) is 0 Å². The Morgan fingerprint density at radius 1 is 0.978 bits per heavy atom. The summed E-state index contributed by atoms with van der Waals surface area (Å²) in [5, 5.41) is 4.27. The number of carbonyl (C=O) groups is 2. The summed E-state index contributed by atoms with van der Waals surface area (Å²) in [5.41, 5.74) is 1.25. The highest BCUT2D eigenvalue weighted by Gasteiger charge is 2.47. The summed E-state index contributed by atoms with van der Waals surface area (Å²) in [6, 6.07) is 14.2. The average Bonchev–Trinajstić information content (AvgIpc) is 3.41. The quantitative estimate of drug-likeness (QED) is 0.292. The first-order valence-corrected chi connectivity index (χ1v) is 15.1. The van der Waals surface area contributed by atoms with Crippen LogP contribution in [0.4, 0.5) is 16.4 Å². The predicted molar refractivity (Wildman–Crippen MR) is 166 cm³/mol. The molecule has 3 aromatic heterocycles. The van der Waals surface area contributed by atoms with Gasteiger partial charge in [-0.1, -0.05) is 12.1 Å². The highest BCUT2D eigenvalue weighted by molar-refractivity contribution is 5.97. The van der Waals surface area contributed by atoms with Crippen molar-refractivity contribution < 1.29 is 28.5 Å². The van der Waals surface area contributed by atoms with Crippen molar-refractivity contribution >= 4 is 34.7 Å². The average molecular weight is 628 g/mol. The van der Waals surface area contributed by atoms with Crippen molar-refractivity contribution in [2.45, 2.75) is 50.5 Å². The molecule has 2 amide bonds. The fraction of sp³-hybridized carbons (Fsp3) is 0.375. The van der Waals surface area contributed by atoms with E-state index in [1.54, 1.807) is 45.9 Å². The second-order valence-electron chi connectivity index (χ2n) is 11.4. The van der Waals surface area contributed by atoms with E-state index in [4.69, 9.17) is 23.9 Å². The van der Waals surface area contributed by atoms with Gasteiger partial charge in [-0.15, -0.1) is 0 Å². The Hall–Kier alpha value is -5.24. The van der Waals surface area contributed by atoms with E-state index in [9.17, 15) is 14.4 Å². The Labute approximate surface area is 263 Å². The summed E-state index contributed by atoms with van der Waals surface area (Å²) in [4.78, 5) is 55.2. The molecule has 7 rings (SSSR count). The Kier molecular flexibility index (Phi) is 7.86. The summed E-state index contributed by atoms with van der Waals surface area (Å²) in [5.74, 6) is 1.75. The van der Waals surface area contributed by atoms with Gasteiger partial charge in [-0.3, -0.25) is 24.0 Å². The van der Waals surface area contributed by atoms with Crippen LogP contribution >= 0.6 is 0 Å². The maximum Gasteiger partial charge on any atom is 0.416 e. The van der Waals surface area contributed by atoms with Crippen molar-refractivity contribution in [3.63, 3.8) is 0 Å². The molecule has 0 spiro atoms. The molecule has 3 unspecified atom stereocenters. The SMILES string of the molecule is COc1ccc(CN2C(=O)COc3ccc(N4C(=O)OC5CC(NCCn6c(=O)ccc7cnc(OC)nc76)CCC54)nc32)cc1.